The van der Waals surface area contributed by atoms with Crippen LogP contribution in [0.3, 0.4) is 0 Å². The smallest absolute Gasteiger partial charge is 0.250 e. The van der Waals surface area contributed by atoms with Crippen LogP contribution >= 0.6 is 11.3 Å². The van der Waals surface area contributed by atoms with Gasteiger partial charge in [-0.2, -0.15) is 4.72 Å². The van der Waals surface area contributed by atoms with E-state index in [9.17, 15) is 13.2 Å². The van der Waals surface area contributed by atoms with Crippen molar-refractivity contribution in [3.05, 3.63) is 17.5 Å². The normalized spacial score (nSPS) is 20.2. The highest BCUT2D eigenvalue weighted by molar-refractivity contribution is 7.91. The van der Waals surface area contributed by atoms with Gasteiger partial charge in [0, 0.05) is 13.1 Å². The number of thiophene rings is 1. The van der Waals surface area contributed by atoms with Gasteiger partial charge in [0.05, 0.1) is 0 Å². The van der Waals surface area contributed by atoms with Crippen LogP contribution in [0.25, 0.3) is 0 Å². The number of hydrogen-bond acceptors (Lipinski definition) is 5. The van der Waals surface area contributed by atoms with E-state index in [4.69, 9.17) is 0 Å². The Morgan fingerprint density at radius 1 is 1.42 bits per heavy atom. The first-order chi connectivity index (χ1) is 12.3. The maximum atomic E-state index is 12.5. The Balaban J connectivity index is 1.81. The first kappa shape index (κ1) is 21.3. The number of sulfonamides is 1. The molecule has 0 aliphatic carbocycles. The van der Waals surface area contributed by atoms with Gasteiger partial charge in [0.2, 0.25) is 5.91 Å². The molecule has 2 atom stereocenters. The Kier molecular flexibility index (Phi) is 8.06. The third kappa shape index (κ3) is 6.33. The summed E-state index contributed by atoms with van der Waals surface area (Å²) in [7, 11) is -3.66. The Morgan fingerprint density at radius 2 is 2.19 bits per heavy atom. The molecule has 1 amide bonds. The van der Waals surface area contributed by atoms with E-state index in [1.807, 2.05) is 13.8 Å². The van der Waals surface area contributed by atoms with Crippen LogP contribution in [0.1, 0.15) is 40.0 Å². The second-order valence-electron chi connectivity index (χ2n) is 7.47. The standard InChI is InChI=1S/C18H31N3O3S2/c1-14(2)17(20-26(23,24)16-8-5-12-25-16)18(22)19-9-6-11-21-10-4-7-15(3)13-21/h5,8,12,14-15,17,20H,4,6-7,9-11,13H2,1-3H3,(H,19,22). The lowest BCUT2D eigenvalue weighted by Crippen LogP contribution is -2.49. The molecule has 2 unspecified atom stereocenters. The summed E-state index contributed by atoms with van der Waals surface area (Å²) in [6.45, 7) is 9.76. The molecule has 6 nitrogen and oxygen atoms in total. The van der Waals surface area contributed by atoms with E-state index in [1.54, 1.807) is 17.5 Å². The summed E-state index contributed by atoms with van der Waals surface area (Å²) in [6.07, 6.45) is 3.42. The van der Waals surface area contributed by atoms with Gasteiger partial charge in [-0.25, -0.2) is 8.42 Å². The number of carbonyl (C=O) groups is 1. The average molecular weight is 402 g/mol. The molecule has 8 heteroatoms. The highest BCUT2D eigenvalue weighted by Crippen LogP contribution is 2.17. The van der Waals surface area contributed by atoms with Gasteiger partial charge in [-0.3, -0.25) is 4.79 Å². The van der Waals surface area contributed by atoms with E-state index in [0.717, 1.165) is 43.3 Å². The van der Waals surface area contributed by atoms with Crippen LogP contribution in [0.2, 0.25) is 0 Å². The van der Waals surface area contributed by atoms with E-state index in [0.29, 0.717) is 6.54 Å². The number of piperidine rings is 1. The molecular weight excluding hydrogens is 370 g/mol. The largest absolute Gasteiger partial charge is 0.355 e. The van der Waals surface area contributed by atoms with Crippen molar-refractivity contribution in [2.45, 2.75) is 50.3 Å². The zero-order valence-corrected chi connectivity index (χ0v) is 17.5. The van der Waals surface area contributed by atoms with Crippen molar-refractivity contribution < 1.29 is 13.2 Å². The van der Waals surface area contributed by atoms with Gasteiger partial charge in [-0.1, -0.05) is 26.8 Å². The van der Waals surface area contributed by atoms with E-state index >= 15 is 0 Å². The van der Waals surface area contributed by atoms with Crippen LogP contribution in [0.4, 0.5) is 0 Å². The minimum absolute atomic E-state index is 0.132. The molecule has 0 radical (unpaired) electrons. The molecule has 0 spiro atoms. The molecule has 0 saturated carbocycles. The van der Waals surface area contributed by atoms with E-state index in [1.165, 1.54) is 12.8 Å². The fraction of sp³-hybridized carbons (Fsp3) is 0.722. The molecule has 1 aromatic rings. The van der Waals surface area contributed by atoms with E-state index in [2.05, 4.69) is 21.9 Å². The third-order valence-corrected chi connectivity index (χ3v) is 7.52. The average Bonchev–Trinajstić information content (AvgIpc) is 3.12. The molecule has 0 bridgehead atoms. The first-order valence-electron chi connectivity index (χ1n) is 9.35. The van der Waals surface area contributed by atoms with Crippen molar-refractivity contribution >= 4 is 27.3 Å². The molecule has 2 rings (SSSR count). The molecule has 1 saturated heterocycles. The van der Waals surface area contributed by atoms with Gasteiger partial charge in [-0.05, 0) is 55.6 Å². The fourth-order valence-electron chi connectivity index (χ4n) is 3.25. The lowest BCUT2D eigenvalue weighted by molar-refractivity contribution is -0.123. The van der Waals surface area contributed by atoms with Crippen LogP contribution in [0, 0.1) is 11.8 Å². The monoisotopic (exact) mass is 401 g/mol. The summed E-state index contributed by atoms with van der Waals surface area (Å²) < 4.78 is 27.6. The Labute approximate surface area is 161 Å². The summed E-state index contributed by atoms with van der Waals surface area (Å²) in [5, 5.41) is 4.60. The minimum atomic E-state index is -3.66. The molecule has 1 aliphatic rings. The van der Waals surface area contributed by atoms with Gasteiger partial charge in [0.25, 0.3) is 10.0 Å². The highest BCUT2D eigenvalue weighted by Gasteiger charge is 2.28. The van der Waals surface area contributed by atoms with Crippen molar-refractivity contribution in [3.63, 3.8) is 0 Å². The zero-order chi connectivity index (χ0) is 19.2. The van der Waals surface area contributed by atoms with Crippen LogP contribution in [-0.4, -0.2) is 51.4 Å². The SMILES string of the molecule is CC1CCCN(CCCNC(=O)C(NS(=O)(=O)c2cccs2)C(C)C)C1. The third-order valence-electron chi connectivity index (χ3n) is 4.68. The lowest BCUT2D eigenvalue weighted by Gasteiger charge is -2.30. The van der Waals surface area contributed by atoms with Crippen molar-refractivity contribution in [2.75, 3.05) is 26.2 Å². The van der Waals surface area contributed by atoms with Crippen LogP contribution in [-0.2, 0) is 14.8 Å². The zero-order valence-electron chi connectivity index (χ0n) is 15.9. The highest BCUT2D eigenvalue weighted by atomic mass is 32.2. The number of hydrogen-bond donors (Lipinski definition) is 2. The maximum absolute atomic E-state index is 12.5. The van der Waals surface area contributed by atoms with Gasteiger partial charge in [0.15, 0.2) is 0 Å². The lowest BCUT2D eigenvalue weighted by atomic mass is 10.0. The fourth-order valence-corrected chi connectivity index (χ4v) is 5.60. The molecule has 2 N–H and O–H groups in total. The maximum Gasteiger partial charge on any atom is 0.250 e. The Hall–Kier alpha value is -0.960. The summed E-state index contributed by atoms with van der Waals surface area (Å²) in [5.74, 6) is 0.357. The number of carbonyl (C=O) groups excluding carboxylic acids is 1. The first-order valence-corrected chi connectivity index (χ1v) is 11.7. The van der Waals surface area contributed by atoms with Crippen molar-refractivity contribution in [1.29, 1.82) is 0 Å². The summed E-state index contributed by atoms with van der Waals surface area (Å²) in [6, 6.07) is 2.46. The van der Waals surface area contributed by atoms with Crippen molar-refractivity contribution in [3.8, 4) is 0 Å². The number of nitrogens with one attached hydrogen (secondary N) is 2. The van der Waals surface area contributed by atoms with Crippen LogP contribution < -0.4 is 10.0 Å². The van der Waals surface area contributed by atoms with Gasteiger partial charge in [0.1, 0.15) is 10.3 Å². The molecule has 1 fully saturated rings. The van der Waals surface area contributed by atoms with Gasteiger partial charge < -0.3 is 10.2 Å². The molecule has 26 heavy (non-hydrogen) atoms. The molecule has 2 heterocycles. The van der Waals surface area contributed by atoms with Crippen LogP contribution in [0.5, 0.6) is 0 Å². The van der Waals surface area contributed by atoms with Crippen molar-refractivity contribution in [2.24, 2.45) is 11.8 Å². The summed E-state index contributed by atoms with van der Waals surface area (Å²) in [4.78, 5) is 14.9. The van der Waals surface area contributed by atoms with E-state index < -0.39 is 16.1 Å². The van der Waals surface area contributed by atoms with E-state index in [-0.39, 0.29) is 16.0 Å². The molecule has 0 aromatic carbocycles. The number of rotatable bonds is 9. The number of amides is 1. The van der Waals surface area contributed by atoms with Gasteiger partial charge in [-0.15, -0.1) is 11.3 Å². The quantitative estimate of drug-likeness (QED) is 0.622. The molecule has 1 aromatic heterocycles. The molecular formula is C18H31N3O3S2. The predicted molar refractivity (Wildman–Crippen MR) is 106 cm³/mol. The summed E-state index contributed by atoms with van der Waals surface area (Å²) in [5.41, 5.74) is 0. The number of nitrogens with zero attached hydrogens (tertiary/aromatic N) is 1. The second-order valence-corrected chi connectivity index (χ2v) is 10.4. The molecule has 148 valence electrons. The number of likely N-dealkylation sites (tertiary alicyclic amines) is 1. The summed E-state index contributed by atoms with van der Waals surface area (Å²) >= 11 is 1.15. The van der Waals surface area contributed by atoms with Gasteiger partial charge >= 0.3 is 0 Å². The molecule has 1 aliphatic heterocycles. The Bertz CT molecular complexity index is 659. The Morgan fingerprint density at radius 3 is 2.81 bits per heavy atom. The second kappa shape index (κ2) is 9.82. The topological polar surface area (TPSA) is 78.5 Å². The minimum Gasteiger partial charge on any atom is -0.355 e. The van der Waals surface area contributed by atoms with Crippen LogP contribution in [0.15, 0.2) is 21.7 Å². The van der Waals surface area contributed by atoms with Crippen molar-refractivity contribution in [1.82, 2.24) is 14.9 Å². The predicted octanol–water partition coefficient (Wildman–Crippen LogP) is 2.29.